The molecule has 0 spiro atoms. The number of hydrogen-bond donors (Lipinski definition) is 0. The summed E-state index contributed by atoms with van der Waals surface area (Å²) in [6.07, 6.45) is 5.80. The highest BCUT2D eigenvalue weighted by molar-refractivity contribution is 5.80. The van der Waals surface area contributed by atoms with Gasteiger partial charge in [0.25, 0.3) is 0 Å². The van der Waals surface area contributed by atoms with Crippen LogP contribution >= 0.6 is 0 Å². The van der Waals surface area contributed by atoms with Crippen LogP contribution in [0.4, 0.5) is 0 Å². The van der Waals surface area contributed by atoms with Crippen LogP contribution in [-0.2, 0) is 0 Å². The second-order valence-electron chi connectivity index (χ2n) is 6.24. The molecule has 2 nitrogen and oxygen atoms in total. The first-order valence-corrected chi connectivity index (χ1v) is 8.22. The van der Waals surface area contributed by atoms with Gasteiger partial charge in [0.15, 0.2) is 0 Å². The molecule has 0 aromatic heterocycles. The standard InChI is InChI=1S/C20H24N2/c1-16-7-6-8-17(2)22(16)21-15-18-11-13-20(14-12-18)19-9-4-3-5-10-19/h3-5,9-17H,6-8H2,1-2H3. The van der Waals surface area contributed by atoms with Crippen molar-refractivity contribution in [1.82, 2.24) is 5.01 Å². The van der Waals surface area contributed by atoms with E-state index < -0.39 is 0 Å². The molecule has 2 atom stereocenters. The fourth-order valence-corrected chi connectivity index (χ4v) is 3.16. The summed E-state index contributed by atoms with van der Waals surface area (Å²) in [5, 5.41) is 6.98. The molecule has 2 heteroatoms. The van der Waals surface area contributed by atoms with Gasteiger partial charge in [-0.05, 0) is 49.8 Å². The van der Waals surface area contributed by atoms with E-state index in [0.717, 1.165) is 5.56 Å². The summed E-state index contributed by atoms with van der Waals surface area (Å²) in [5.41, 5.74) is 3.66. The number of benzene rings is 2. The third-order valence-corrected chi connectivity index (χ3v) is 4.50. The highest BCUT2D eigenvalue weighted by Gasteiger charge is 2.22. The van der Waals surface area contributed by atoms with Gasteiger partial charge in [-0.15, -0.1) is 0 Å². The summed E-state index contributed by atoms with van der Waals surface area (Å²) in [6.45, 7) is 4.54. The second-order valence-corrected chi connectivity index (χ2v) is 6.24. The van der Waals surface area contributed by atoms with Crippen molar-refractivity contribution < 1.29 is 0 Å². The molecule has 2 aromatic rings. The van der Waals surface area contributed by atoms with Crippen LogP contribution in [0.2, 0.25) is 0 Å². The molecule has 1 heterocycles. The van der Waals surface area contributed by atoms with E-state index in [1.54, 1.807) is 0 Å². The molecule has 2 aromatic carbocycles. The molecular formula is C20H24N2. The zero-order valence-electron chi connectivity index (χ0n) is 13.4. The van der Waals surface area contributed by atoms with Gasteiger partial charge in [-0.2, -0.15) is 5.10 Å². The summed E-state index contributed by atoms with van der Waals surface area (Å²) in [5.74, 6) is 0. The van der Waals surface area contributed by atoms with Crippen LogP contribution in [0.15, 0.2) is 59.7 Å². The lowest BCUT2D eigenvalue weighted by molar-refractivity contribution is 0.109. The molecule has 114 valence electrons. The Kier molecular flexibility index (Phi) is 4.57. The Morgan fingerprint density at radius 3 is 2.09 bits per heavy atom. The van der Waals surface area contributed by atoms with Gasteiger partial charge in [0.05, 0.1) is 6.21 Å². The number of hydrazone groups is 1. The summed E-state index contributed by atoms with van der Waals surface area (Å²) in [7, 11) is 0. The molecule has 22 heavy (non-hydrogen) atoms. The van der Waals surface area contributed by atoms with Gasteiger partial charge >= 0.3 is 0 Å². The van der Waals surface area contributed by atoms with E-state index in [0.29, 0.717) is 12.1 Å². The fraction of sp³-hybridized carbons (Fsp3) is 0.350. The number of piperidine rings is 1. The van der Waals surface area contributed by atoms with E-state index in [9.17, 15) is 0 Å². The zero-order valence-corrected chi connectivity index (χ0v) is 13.4. The van der Waals surface area contributed by atoms with Crippen LogP contribution in [0.3, 0.4) is 0 Å². The molecule has 0 amide bonds. The van der Waals surface area contributed by atoms with Gasteiger partial charge in [-0.25, -0.2) is 0 Å². The first-order valence-electron chi connectivity index (χ1n) is 8.22. The summed E-state index contributed by atoms with van der Waals surface area (Å²) >= 11 is 0. The van der Waals surface area contributed by atoms with E-state index in [-0.39, 0.29) is 0 Å². The first kappa shape index (κ1) is 14.8. The van der Waals surface area contributed by atoms with Crippen LogP contribution in [0, 0.1) is 0 Å². The van der Waals surface area contributed by atoms with Gasteiger partial charge < -0.3 is 0 Å². The fourth-order valence-electron chi connectivity index (χ4n) is 3.16. The van der Waals surface area contributed by atoms with Crippen molar-refractivity contribution in [2.24, 2.45) is 5.10 Å². The van der Waals surface area contributed by atoms with Crippen LogP contribution in [0.1, 0.15) is 38.7 Å². The molecular weight excluding hydrogens is 268 g/mol. The van der Waals surface area contributed by atoms with Crippen molar-refractivity contribution in [3.63, 3.8) is 0 Å². The van der Waals surface area contributed by atoms with Crippen LogP contribution < -0.4 is 0 Å². The van der Waals surface area contributed by atoms with Gasteiger partial charge in [0, 0.05) is 12.1 Å². The molecule has 0 radical (unpaired) electrons. The van der Waals surface area contributed by atoms with Crippen molar-refractivity contribution in [1.29, 1.82) is 0 Å². The lowest BCUT2D eigenvalue weighted by Gasteiger charge is -2.36. The molecule has 1 aliphatic rings. The van der Waals surface area contributed by atoms with Crippen molar-refractivity contribution in [2.75, 3.05) is 0 Å². The maximum absolute atomic E-state index is 4.73. The first-order chi connectivity index (χ1) is 10.7. The van der Waals surface area contributed by atoms with E-state index in [2.05, 4.69) is 67.4 Å². The average Bonchev–Trinajstić information content (AvgIpc) is 2.56. The minimum absolute atomic E-state index is 0.545. The SMILES string of the molecule is CC1CCCC(C)N1N=Cc1ccc(-c2ccccc2)cc1. The monoisotopic (exact) mass is 292 g/mol. The smallest absolute Gasteiger partial charge is 0.0543 e. The van der Waals surface area contributed by atoms with Gasteiger partial charge in [0.2, 0.25) is 0 Å². The maximum atomic E-state index is 4.73. The molecule has 0 bridgehead atoms. The number of rotatable bonds is 3. The molecule has 2 unspecified atom stereocenters. The average molecular weight is 292 g/mol. The van der Waals surface area contributed by atoms with E-state index in [4.69, 9.17) is 5.10 Å². The predicted octanol–water partition coefficient (Wildman–Crippen LogP) is 4.95. The largest absolute Gasteiger partial charge is 0.292 e. The van der Waals surface area contributed by atoms with Crippen LogP contribution in [-0.4, -0.2) is 23.3 Å². The van der Waals surface area contributed by atoms with Crippen LogP contribution in [0.25, 0.3) is 11.1 Å². The van der Waals surface area contributed by atoms with Crippen molar-refractivity contribution in [3.8, 4) is 11.1 Å². The minimum Gasteiger partial charge on any atom is -0.292 e. The second kappa shape index (κ2) is 6.78. The van der Waals surface area contributed by atoms with Gasteiger partial charge in [0.1, 0.15) is 0 Å². The molecule has 1 aliphatic heterocycles. The third kappa shape index (κ3) is 3.38. The van der Waals surface area contributed by atoms with E-state index >= 15 is 0 Å². The normalized spacial score (nSPS) is 22.2. The maximum Gasteiger partial charge on any atom is 0.0543 e. The Hall–Kier alpha value is -2.09. The Balaban J connectivity index is 1.72. The zero-order chi connectivity index (χ0) is 15.4. The Morgan fingerprint density at radius 2 is 1.45 bits per heavy atom. The molecule has 0 aliphatic carbocycles. The molecule has 1 saturated heterocycles. The van der Waals surface area contributed by atoms with E-state index in [1.165, 1.54) is 30.4 Å². The Labute approximate surface area is 133 Å². The summed E-state index contributed by atoms with van der Waals surface area (Å²) in [6, 6.07) is 20.2. The molecule has 1 fully saturated rings. The third-order valence-electron chi connectivity index (χ3n) is 4.50. The number of hydrogen-bond acceptors (Lipinski definition) is 2. The topological polar surface area (TPSA) is 15.6 Å². The quantitative estimate of drug-likeness (QED) is 0.731. The molecule has 0 N–H and O–H groups in total. The van der Waals surface area contributed by atoms with E-state index in [1.807, 2.05) is 12.3 Å². The highest BCUT2D eigenvalue weighted by atomic mass is 15.5. The van der Waals surface area contributed by atoms with Gasteiger partial charge in [-0.3, -0.25) is 5.01 Å². The molecule has 3 rings (SSSR count). The Morgan fingerprint density at radius 1 is 0.864 bits per heavy atom. The Bertz CT molecular complexity index is 606. The number of nitrogens with zero attached hydrogens (tertiary/aromatic N) is 2. The predicted molar refractivity (Wildman–Crippen MR) is 94.1 cm³/mol. The van der Waals surface area contributed by atoms with Crippen molar-refractivity contribution in [3.05, 3.63) is 60.2 Å². The molecule has 0 saturated carbocycles. The van der Waals surface area contributed by atoms with Gasteiger partial charge in [-0.1, -0.05) is 54.6 Å². The summed E-state index contributed by atoms with van der Waals surface area (Å²) < 4.78 is 0. The van der Waals surface area contributed by atoms with Crippen molar-refractivity contribution in [2.45, 2.75) is 45.2 Å². The van der Waals surface area contributed by atoms with Crippen LogP contribution in [0.5, 0.6) is 0 Å². The highest BCUT2D eigenvalue weighted by Crippen LogP contribution is 2.23. The lowest BCUT2D eigenvalue weighted by Crippen LogP contribution is -2.39. The minimum atomic E-state index is 0.545. The summed E-state index contributed by atoms with van der Waals surface area (Å²) in [4.78, 5) is 0. The van der Waals surface area contributed by atoms with Crippen molar-refractivity contribution >= 4 is 6.21 Å². The lowest BCUT2D eigenvalue weighted by atomic mass is 10.00.